The molecule has 0 fully saturated rings. The Balaban J connectivity index is 1.84. The molecule has 0 spiro atoms. The number of aliphatic hydroxyl groups is 2. The first-order valence-corrected chi connectivity index (χ1v) is 13.8. The molecule has 0 bridgehead atoms. The highest BCUT2D eigenvalue weighted by atomic mass is 35.5. The van der Waals surface area contributed by atoms with Crippen molar-refractivity contribution in [2.75, 3.05) is 34.3 Å². The Hall–Kier alpha value is -2.59. The van der Waals surface area contributed by atoms with Crippen molar-refractivity contribution in [1.29, 1.82) is 0 Å². The minimum atomic E-state index is -1.44. The monoisotopic (exact) mass is 561 g/mol. The van der Waals surface area contributed by atoms with Crippen molar-refractivity contribution >= 4 is 23.3 Å². The third kappa shape index (κ3) is 4.73. The van der Waals surface area contributed by atoms with Crippen LogP contribution >= 0.6 is 11.6 Å². The summed E-state index contributed by atoms with van der Waals surface area (Å²) in [6.45, 7) is 8.56. The van der Waals surface area contributed by atoms with Gasteiger partial charge in [-0.1, -0.05) is 32.4 Å². The minimum absolute atomic E-state index is 0.0431. The summed E-state index contributed by atoms with van der Waals surface area (Å²) in [6, 6.07) is 0.873. The Bertz CT molecular complexity index is 1260. The molecule has 1 unspecified atom stereocenters. The highest BCUT2D eigenvalue weighted by Crippen LogP contribution is 2.55. The van der Waals surface area contributed by atoms with E-state index in [1.54, 1.807) is 25.1 Å². The molecule has 3 aliphatic carbocycles. The number of hydrogen-bond donors (Lipinski definition) is 4. The molecule has 10 heteroatoms. The van der Waals surface area contributed by atoms with Crippen molar-refractivity contribution in [3.05, 3.63) is 50.4 Å². The largest absolute Gasteiger partial charge is 0.510 e. The zero-order valence-electron chi connectivity index (χ0n) is 23.5. The van der Waals surface area contributed by atoms with Crippen LogP contribution in [-0.2, 0) is 22.5 Å². The molecule has 1 amide bonds. The third-order valence-corrected chi connectivity index (χ3v) is 9.10. The fourth-order valence-corrected chi connectivity index (χ4v) is 7.20. The van der Waals surface area contributed by atoms with E-state index in [2.05, 4.69) is 25.7 Å². The molecule has 3 aliphatic rings. The number of ether oxygens (including phenoxy) is 1. The molecule has 4 rings (SSSR count). The lowest BCUT2D eigenvalue weighted by Crippen LogP contribution is -2.60. The van der Waals surface area contributed by atoms with Gasteiger partial charge in [-0.05, 0) is 62.5 Å². The number of ketones is 1. The predicted molar refractivity (Wildman–Crippen MR) is 149 cm³/mol. The first-order chi connectivity index (χ1) is 18.3. The van der Waals surface area contributed by atoms with Gasteiger partial charge in [-0.3, -0.25) is 19.4 Å². The Morgan fingerprint density at radius 2 is 1.95 bits per heavy atom. The van der Waals surface area contributed by atoms with Crippen LogP contribution in [0.5, 0.6) is 5.75 Å². The maximum absolute atomic E-state index is 13.9. The van der Waals surface area contributed by atoms with Gasteiger partial charge in [0.2, 0.25) is 5.91 Å². The molecule has 0 saturated heterocycles. The topological polar surface area (TPSA) is 137 Å². The SMILES string of the molecule is CCN(Cc1cc(O)c2c(c1Cl)C[C@H]1C[C@H]3[C@H](N(C)C)C(O)=C(C(N)=O)CC3(OC)C(O)=C1C2=O)CC(C)C. The van der Waals surface area contributed by atoms with Crippen LogP contribution in [0.2, 0.25) is 5.02 Å². The fraction of sp³-hybridized carbons (Fsp3) is 0.586. The van der Waals surface area contributed by atoms with Crippen molar-refractivity contribution in [2.45, 2.75) is 58.2 Å². The van der Waals surface area contributed by atoms with Crippen LogP contribution < -0.4 is 5.73 Å². The molecule has 0 aliphatic heterocycles. The number of methoxy groups -OCH3 is 1. The first kappa shape index (κ1) is 29.4. The normalized spacial score (nSPS) is 26.8. The van der Waals surface area contributed by atoms with Crippen LogP contribution in [0, 0.1) is 17.8 Å². The Morgan fingerprint density at radius 1 is 1.28 bits per heavy atom. The van der Waals surface area contributed by atoms with E-state index in [1.807, 2.05) is 0 Å². The summed E-state index contributed by atoms with van der Waals surface area (Å²) in [5.74, 6) is -2.38. The number of carbonyl (C=O) groups excluding carboxylic acids is 2. The van der Waals surface area contributed by atoms with E-state index in [0.29, 0.717) is 35.9 Å². The number of phenols is 1. The summed E-state index contributed by atoms with van der Waals surface area (Å²) in [5.41, 5.74) is 5.67. The van der Waals surface area contributed by atoms with Gasteiger partial charge in [0, 0.05) is 43.1 Å². The van der Waals surface area contributed by atoms with Crippen molar-refractivity contribution in [3.63, 3.8) is 0 Å². The summed E-state index contributed by atoms with van der Waals surface area (Å²) in [4.78, 5) is 30.2. The quantitative estimate of drug-likeness (QED) is 0.377. The Labute approximate surface area is 234 Å². The first-order valence-electron chi connectivity index (χ1n) is 13.5. The molecule has 4 atom stereocenters. The maximum Gasteiger partial charge on any atom is 0.248 e. The molecule has 1 aromatic carbocycles. The lowest BCUT2D eigenvalue weighted by molar-refractivity contribution is -0.121. The van der Waals surface area contributed by atoms with Gasteiger partial charge in [-0.15, -0.1) is 0 Å². The molecule has 0 saturated carbocycles. The van der Waals surface area contributed by atoms with E-state index < -0.39 is 35.2 Å². The number of allylic oxidation sites excluding steroid dienone is 1. The van der Waals surface area contributed by atoms with Crippen LogP contribution in [-0.4, -0.2) is 82.7 Å². The number of halogens is 1. The van der Waals surface area contributed by atoms with Crippen LogP contribution in [0.1, 0.15) is 55.1 Å². The maximum atomic E-state index is 13.9. The van der Waals surface area contributed by atoms with Crippen LogP contribution in [0.15, 0.2) is 28.7 Å². The van der Waals surface area contributed by atoms with E-state index in [1.165, 1.54) is 7.11 Å². The van der Waals surface area contributed by atoms with Gasteiger partial charge < -0.3 is 25.8 Å². The summed E-state index contributed by atoms with van der Waals surface area (Å²) in [7, 11) is 4.94. The number of Topliss-reactive ketones (excluding diaryl/α,β-unsaturated/α-hetero) is 1. The van der Waals surface area contributed by atoms with E-state index >= 15 is 0 Å². The Kier molecular flexibility index (Phi) is 8.11. The van der Waals surface area contributed by atoms with Crippen LogP contribution in [0.4, 0.5) is 0 Å². The molecule has 0 radical (unpaired) electrons. The molecular weight excluding hydrogens is 522 g/mol. The van der Waals surface area contributed by atoms with Gasteiger partial charge in [0.15, 0.2) is 5.78 Å². The number of nitrogens with two attached hydrogens (primary N) is 1. The smallest absolute Gasteiger partial charge is 0.248 e. The number of fused-ring (bicyclic) bond motifs is 3. The van der Waals surface area contributed by atoms with Crippen molar-refractivity contribution in [1.82, 2.24) is 9.80 Å². The lowest BCUT2D eigenvalue weighted by atomic mass is 9.59. The molecule has 0 heterocycles. The van der Waals surface area contributed by atoms with Gasteiger partial charge >= 0.3 is 0 Å². The summed E-state index contributed by atoms with van der Waals surface area (Å²) in [5, 5.41) is 34.3. The molecule has 5 N–H and O–H groups in total. The molecule has 0 aromatic heterocycles. The number of hydrogen-bond acceptors (Lipinski definition) is 8. The highest BCUT2D eigenvalue weighted by molar-refractivity contribution is 6.33. The van der Waals surface area contributed by atoms with Crippen molar-refractivity contribution in [3.8, 4) is 5.75 Å². The second-order valence-corrected chi connectivity index (χ2v) is 12.1. The van der Waals surface area contributed by atoms with Gasteiger partial charge in [0.05, 0.1) is 17.2 Å². The molecular formula is C29H40ClN3O6. The highest BCUT2D eigenvalue weighted by Gasteiger charge is 2.59. The van der Waals surface area contributed by atoms with Crippen molar-refractivity contribution in [2.24, 2.45) is 23.5 Å². The number of amides is 1. The fourth-order valence-electron chi connectivity index (χ4n) is 6.91. The number of primary amides is 1. The van der Waals surface area contributed by atoms with E-state index in [0.717, 1.165) is 18.7 Å². The molecule has 1 aromatic rings. The summed E-state index contributed by atoms with van der Waals surface area (Å²) in [6.07, 6.45) is 0.546. The van der Waals surface area contributed by atoms with Gasteiger partial charge in [0.1, 0.15) is 22.9 Å². The lowest BCUT2D eigenvalue weighted by Gasteiger charge is -2.53. The number of benzene rings is 1. The van der Waals surface area contributed by atoms with Crippen LogP contribution in [0.3, 0.4) is 0 Å². The summed E-state index contributed by atoms with van der Waals surface area (Å²) < 4.78 is 5.92. The summed E-state index contributed by atoms with van der Waals surface area (Å²) >= 11 is 6.92. The standard InChI is InChI=1S/C29H40ClN3O6/c1-7-33(12-14(2)3)13-16-10-20(34)22-17(23(16)30)8-15-9-19-24(32(4)5)25(35)18(28(31)38)11-29(19,39-6)27(37)21(15)26(22)36/h10,14-15,19,24,34-35,37H,7-9,11-13H2,1-6H3,(H2,31,38)/t15-,19-,24-,29?/m0/s1. The zero-order chi connectivity index (χ0) is 29.0. The van der Waals surface area contributed by atoms with E-state index in [4.69, 9.17) is 22.1 Å². The van der Waals surface area contributed by atoms with E-state index in [-0.39, 0.29) is 40.4 Å². The number of rotatable bonds is 8. The van der Waals surface area contributed by atoms with Gasteiger partial charge in [-0.2, -0.15) is 0 Å². The third-order valence-electron chi connectivity index (χ3n) is 8.63. The minimum Gasteiger partial charge on any atom is -0.510 e. The average Bonchev–Trinajstić information content (AvgIpc) is 2.85. The Morgan fingerprint density at radius 3 is 2.49 bits per heavy atom. The number of phenolic OH excluding ortho intramolecular Hbond substituents is 1. The second kappa shape index (κ2) is 10.8. The second-order valence-electron chi connectivity index (χ2n) is 11.7. The molecule has 9 nitrogen and oxygen atoms in total. The number of likely N-dealkylation sites (N-methyl/N-ethyl adjacent to an activating group) is 1. The van der Waals surface area contributed by atoms with Crippen molar-refractivity contribution < 1.29 is 29.6 Å². The zero-order valence-corrected chi connectivity index (χ0v) is 24.3. The molecule has 39 heavy (non-hydrogen) atoms. The number of aromatic hydroxyl groups is 1. The predicted octanol–water partition coefficient (Wildman–Crippen LogP) is 3.73. The number of nitrogens with zero attached hydrogens (tertiary/aromatic N) is 2. The van der Waals surface area contributed by atoms with E-state index in [9.17, 15) is 24.9 Å². The average molecular weight is 562 g/mol. The number of aliphatic hydroxyl groups excluding tert-OH is 2. The number of carbonyl (C=O) groups is 2. The molecule has 214 valence electrons. The van der Waals surface area contributed by atoms with Gasteiger partial charge in [-0.25, -0.2) is 0 Å². The van der Waals surface area contributed by atoms with Crippen LogP contribution in [0.25, 0.3) is 0 Å². The van der Waals surface area contributed by atoms with Gasteiger partial charge in [0.25, 0.3) is 0 Å².